The van der Waals surface area contributed by atoms with Gasteiger partial charge in [0.1, 0.15) is 0 Å². The highest BCUT2D eigenvalue weighted by atomic mass is 16.4. The minimum absolute atomic E-state index is 0.00944. The van der Waals surface area contributed by atoms with E-state index in [4.69, 9.17) is 11.5 Å². The van der Waals surface area contributed by atoms with Crippen molar-refractivity contribution in [2.75, 3.05) is 0 Å². The molecule has 12 heavy (non-hydrogen) atoms. The maximum absolute atomic E-state index is 10.5. The third kappa shape index (κ3) is 1.30. The summed E-state index contributed by atoms with van der Waals surface area (Å²) in [4.78, 5) is 14.2. The van der Waals surface area contributed by atoms with Gasteiger partial charge in [-0.15, -0.1) is 6.42 Å². The van der Waals surface area contributed by atoms with Crippen LogP contribution in [0.2, 0.25) is 0 Å². The van der Waals surface area contributed by atoms with Gasteiger partial charge in [0.15, 0.2) is 11.5 Å². The SMILES string of the molecule is C#Cc1nc(C(=O)O)cn1CC. The van der Waals surface area contributed by atoms with Gasteiger partial charge in [0.25, 0.3) is 0 Å². The minimum atomic E-state index is -1.06. The van der Waals surface area contributed by atoms with Crippen LogP contribution >= 0.6 is 0 Å². The number of hydrogen-bond acceptors (Lipinski definition) is 2. The second-order valence-corrected chi connectivity index (χ2v) is 2.19. The molecule has 1 N–H and O–H groups in total. The first-order chi connectivity index (χ1) is 5.69. The third-order valence-electron chi connectivity index (χ3n) is 1.47. The van der Waals surface area contributed by atoms with Crippen LogP contribution in [0.3, 0.4) is 0 Å². The Labute approximate surface area is 69.8 Å². The first-order valence-electron chi connectivity index (χ1n) is 3.46. The van der Waals surface area contributed by atoms with Crippen molar-refractivity contribution in [1.29, 1.82) is 0 Å². The number of rotatable bonds is 2. The second-order valence-electron chi connectivity index (χ2n) is 2.19. The van der Waals surface area contributed by atoms with Crippen molar-refractivity contribution < 1.29 is 9.90 Å². The fourth-order valence-electron chi connectivity index (χ4n) is 0.875. The number of carbonyl (C=O) groups is 1. The summed E-state index contributed by atoms with van der Waals surface area (Å²) in [7, 11) is 0. The molecule has 0 aliphatic rings. The van der Waals surface area contributed by atoms with Crippen LogP contribution in [0.25, 0.3) is 0 Å². The van der Waals surface area contributed by atoms with E-state index in [1.165, 1.54) is 6.20 Å². The fraction of sp³-hybridized carbons (Fsp3) is 0.250. The lowest BCUT2D eigenvalue weighted by atomic mass is 10.5. The molecule has 1 aromatic heterocycles. The standard InChI is InChI=1S/C8H8N2O2/c1-3-7-9-6(8(11)12)5-10(7)4-2/h1,5H,4H2,2H3,(H,11,12). The summed E-state index contributed by atoms with van der Waals surface area (Å²) in [5, 5.41) is 8.57. The quantitative estimate of drug-likeness (QED) is 0.650. The Kier molecular flexibility index (Phi) is 2.15. The predicted octanol–water partition coefficient (Wildman–Crippen LogP) is 0.583. The lowest BCUT2D eigenvalue weighted by Crippen LogP contribution is -1.95. The Hall–Kier alpha value is -1.76. The number of carboxylic acids is 1. The molecule has 0 saturated heterocycles. The van der Waals surface area contributed by atoms with E-state index >= 15 is 0 Å². The van der Waals surface area contributed by atoms with Crippen molar-refractivity contribution in [3.8, 4) is 12.3 Å². The number of aromatic nitrogens is 2. The maximum atomic E-state index is 10.5. The summed E-state index contributed by atoms with van der Waals surface area (Å²) in [6, 6.07) is 0. The Morgan fingerprint density at radius 3 is 2.92 bits per heavy atom. The van der Waals surface area contributed by atoms with Gasteiger partial charge >= 0.3 is 5.97 Å². The van der Waals surface area contributed by atoms with Crippen molar-refractivity contribution in [3.05, 3.63) is 17.7 Å². The number of terminal acetylenes is 1. The van der Waals surface area contributed by atoms with E-state index in [1.54, 1.807) is 4.57 Å². The molecule has 0 radical (unpaired) electrons. The van der Waals surface area contributed by atoms with Gasteiger partial charge in [0, 0.05) is 12.7 Å². The highest BCUT2D eigenvalue weighted by Gasteiger charge is 2.09. The number of hydrogen-bond donors (Lipinski definition) is 1. The van der Waals surface area contributed by atoms with Gasteiger partial charge in [0.2, 0.25) is 0 Å². The largest absolute Gasteiger partial charge is 0.476 e. The van der Waals surface area contributed by atoms with Gasteiger partial charge in [-0.1, -0.05) is 0 Å². The molecular formula is C8H8N2O2. The molecule has 0 amide bonds. The van der Waals surface area contributed by atoms with Crippen LogP contribution in [0.4, 0.5) is 0 Å². The van der Waals surface area contributed by atoms with Crippen LogP contribution in [0, 0.1) is 12.3 Å². The summed E-state index contributed by atoms with van der Waals surface area (Å²) in [5.74, 6) is 1.61. The molecule has 0 saturated carbocycles. The summed E-state index contributed by atoms with van der Waals surface area (Å²) in [6.45, 7) is 2.49. The Bertz CT molecular complexity index is 346. The molecule has 4 nitrogen and oxygen atoms in total. The van der Waals surface area contributed by atoms with Gasteiger partial charge in [-0.25, -0.2) is 9.78 Å². The average molecular weight is 164 g/mol. The number of aromatic carboxylic acids is 1. The zero-order valence-electron chi connectivity index (χ0n) is 6.61. The van der Waals surface area contributed by atoms with Crippen molar-refractivity contribution in [3.63, 3.8) is 0 Å². The van der Waals surface area contributed by atoms with Crippen molar-refractivity contribution in [1.82, 2.24) is 9.55 Å². The third-order valence-corrected chi connectivity index (χ3v) is 1.47. The minimum Gasteiger partial charge on any atom is -0.476 e. The zero-order valence-corrected chi connectivity index (χ0v) is 6.61. The van der Waals surface area contributed by atoms with E-state index in [1.807, 2.05) is 6.92 Å². The summed E-state index contributed by atoms with van der Waals surface area (Å²) in [5.41, 5.74) is -0.00944. The molecule has 62 valence electrons. The number of aryl methyl sites for hydroxylation is 1. The zero-order chi connectivity index (χ0) is 9.14. The number of carboxylic acid groups (broad SMARTS) is 1. The van der Waals surface area contributed by atoms with E-state index in [9.17, 15) is 4.79 Å². The van der Waals surface area contributed by atoms with Crippen molar-refractivity contribution >= 4 is 5.97 Å². The lowest BCUT2D eigenvalue weighted by molar-refractivity contribution is 0.0691. The molecule has 1 rings (SSSR count). The summed E-state index contributed by atoms with van der Waals surface area (Å²) >= 11 is 0. The molecule has 0 fully saturated rings. The number of imidazole rings is 1. The smallest absolute Gasteiger partial charge is 0.356 e. The van der Waals surface area contributed by atoms with E-state index in [-0.39, 0.29) is 5.69 Å². The first kappa shape index (κ1) is 8.34. The van der Waals surface area contributed by atoms with Crippen LogP contribution < -0.4 is 0 Å². The predicted molar refractivity (Wildman–Crippen MR) is 42.8 cm³/mol. The highest BCUT2D eigenvalue weighted by molar-refractivity contribution is 5.85. The Morgan fingerprint density at radius 2 is 2.58 bits per heavy atom. The summed E-state index contributed by atoms with van der Waals surface area (Å²) < 4.78 is 1.61. The molecule has 1 aromatic rings. The summed E-state index contributed by atoms with van der Waals surface area (Å²) in [6.07, 6.45) is 6.54. The van der Waals surface area contributed by atoms with Crippen LogP contribution in [0.5, 0.6) is 0 Å². The van der Waals surface area contributed by atoms with E-state index in [2.05, 4.69) is 10.9 Å². The highest BCUT2D eigenvalue weighted by Crippen LogP contribution is 2.01. The molecule has 1 heterocycles. The fourth-order valence-corrected chi connectivity index (χ4v) is 0.875. The van der Waals surface area contributed by atoms with Crippen LogP contribution in [0.1, 0.15) is 23.2 Å². The molecule has 0 atom stereocenters. The van der Waals surface area contributed by atoms with Gasteiger partial charge in [-0.05, 0) is 12.8 Å². The maximum Gasteiger partial charge on any atom is 0.356 e. The van der Waals surface area contributed by atoms with Gasteiger partial charge in [-0.2, -0.15) is 0 Å². The normalized spacial score (nSPS) is 9.33. The van der Waals surface area contributed by atoms with Crippen LogP contribution in [0.15, 0.2) is 6.20 Å². The average Bonchev–Trinajstić information content (AvgIpc) is 2.46. The number of nitrogens with zero attached hydrogens (tertiary/aromatic N) is 2. The molecule has 0 aromatic carbocycles. The Morgan fingerprint density at radius 1 is 1.92 bits per heavy atom. The molecule has 0 aliphatic carbocycles. The topological polar surface area (TPSA) is 55.1 Å². The van der Waals surface area contributed by atoms with Crippen molar-refractivity contribution in [2.24, 2.45) is 0 Å². The van der Waals surface area contributed by atoms with Gasteiger partial charge < -0.3 is 9.67 Å². The van der Waals surface area contributed by atoms with Crippen LogP contribution in [-0.4, -0.2) is 20.6 Å². The van der Waals surface area contributed by atoms with E-state index < -0.39 is 5.97 Å². The van der Waals surface area contributed by atoms with Crippen molar-refractivity contribution in [2.45, 2.75) is 13.5 Å². The molecule has 0 unspecified atom stereocenters. The van der Waals surface area contributed by atoms with Gasteiger partial charge in [-0.3, -0.25) is 0 Å². The molecule has 0 bridgehead atoms. The molecule has 0 spiro atoms. The van der Waals surface area contributed by atoms with Gasteiger partial charge in [0.05, 0.1) is 0 Å². The Balaban J connectivity index is 3.16. The molecular weight excluding hydrogens is 156 g/mol. The monoisotopic (exact) mass is 164 g/mol. The van der Waals surface area contributed by atoms with E-state index in [0.29, 0.717) is 12.4 Å². The second kappa shape index (κ2) is 3.09. The molecule has 0 aliphatic heterocycles. The lowest BCUT2D eigenvalue weighted by Gasteiger charge is -1.94. The van der Waals surface area contributed by atoms with Crippen LogP contribution in [-0.2, 0) is 6.54 Å². The van der Waals surface area contributed by atoms with E-state index in [0.717, 1.165) is 0 Å². The molecule has 4 heteroatoms. The first-order valence-corrected chi connectivity index (χ1v) is 3.46.